The van der Waals surface area contributed by atoms with E-state index in [1.807, 2.05) is 24.3 Å². The van der Waals surface area contributed by atoms with Gasteiger partial charge in [-0.1, -0.05) is 61.4 Å². The molecular weight excluding hydrogens is 444 g/mol. The Bertz CT molecular complexity index is 1100. The molecule has 2 aromatic rings. The summed E-state index contributed by atoms with van der Waals surface area (Å²) in [5.74, 6) is -1.22. The molecule has 0 saturated heterocycles. The number of ether oxygens (including phenoxy) is 1. The zero-order valence-corrected chi connectivity index (χ0v) is 20.0. The molecule has 3 unspecified atom stereocenters. The molecule has 35 heavy (non-hydrogen) atoms. The van der Waals surface area contributed by atoms with Crippen LogP contribution in [0.15, 0.2) is 48.5 Å². The lowest BCUT2D eigenvalue weighted by Crippen LogP contribution is -2.57. The first-order valence-corrected chi connectivity index (χ1v) is 12.5. The highest BCUT2D eigenvalue weighted by Crippen LogP contribution is 2.44. The minimum absolute atomic E-state index is 0.0511. The fourth-order valence-electron chi connectivity index (χ4n) is 5.68. The summed E-state index contributed by atoms with van der Waals surface area (Å²) in [5.41, 5.74) is 3.57. The van der Waals surface area contributed by atoms with Gasteiger partial charge in [-0.05, 0) is 60.8 Å². The first-order chi connectivity index (χ1) is 16.9. The molecular formula is C28H32N2O5. The molecule has 3 atom stereocenters. The van der Waals surface area contributed by atoms with E-state index in [-0.39, 0.29) is 24.3 Å². The van der Waals surface area contributed by atoms with Crippen LogP contribution in [0, 0.1) is 11.3 Å². The molecule has 2 aromatic carbocycles. The van der Waals surface area contributed by atoms with E-state index in [1.54, 1.807) is 6.92 Å². The van der Waals surface area contributed by atoms with E-state index in [0.717, 1.165) is 47.9 Å². The second-order valence-electron chi connectivity index (χ2n) is 10.3. The fourth-order valence-corrected chi connectivity index (χ4v) is 5.68. The van der Waals surface area contributed by atoms with Crippen LogP contribution >= 0.6 is 0 Å². The topological polar surface area (TPSA) is 105 Å². The molecule has 3 aliphatic carbocycles. The highest BCUT2D eigenvalue weighted by molar-refractivity contribution is 5.87. The van der Waals surface area contributed by atoms with Crippen LogP contribution in [-0.4, -0.2) is 41.8 Å². The molecule has 184 valence electrons. The van der Waals surface area contributed by atoms with Crippen molar-refractivity contribution in [1.82, 2.24) is 10.6 Å². The standard InChI is InChI=1S/C28H32N2O5/c1-28(26(32)33)15-7-6-12-23(28)29-25(31)24(17-13-14-17)30-27(34)35-16-22-20-10-4-2-8-18(20)19-9-3-5-11-21(19)22/h2-5,8-11,17,22-24H,6-7,12-16H2,1H3,(H,29,31)(H,30,34)(H,32,33). The van der Waals surface area contributed by atoms with Crippen molar-refractivity contribution in [2.24, 2.45) is 11.3 Å². The number of carbonyl (C=O) groups is 3. The molecule has 5 rings (SSSR count). The molecule has 0 spiro atoms. The van der Waals surface area contributed by atoms with Crippen molar-refractivity contribution in [3.63, 3.8) is 0 Å². The van der Waals surface area contributed by atoms with Crippen LogP contribution in [0.5, 0.6) is 0 Å². The van der Waals surface area contributed by atoms with Crippen molar-refractivity contribution in [2.75, 3.05) is 6.61 Å². The summed E-state index contributed by atoms with van der Waals surface area (Å²) in [4.78, 5) is 37.9. The molecule has 2 fully saturated rings. The van der Waals surface area contributed by atoms with Crippen molar-refractivity contribution < 1.29 is 24.2 Å². The maximum Gasteiger partial charge on any atom is 0.407 e. The van der Waals surface area contributed by atoms with Crippen molar-refractivity contribution in [1.29, 1.82) is 0 Å². The van der Waals surface area contributed by atoms with Gasteiger partial charge in [0.25, 0.3) is 0 Å². The minimum atomic E-state index is -0.994. The number of rotatable bonds is 7. The monoisotopic (exact) mass is 476 g/mol. The third kappa shape index (κ3) is 4.51. The van der Waals surface area contributed by atoms with Gasteiger partial charge in [-0.2, -0.15) is 0 Å². The average Bonchev–Trinajstić information content (AvgIpc) is 3.65. The molecule has 0 aliphatic heterocycles. The zero-order valence-electron chi connectivity index (χ0n) is 20.0. The largest absolute Gasteiger partial charge is 0.481 e. The normalized spacial score (nSPS) is 24.1. The number of alkyl carbamates (subject to hydrolysis) is 1. The van der Waals surface area contributed by atoms with Gasteiger partial charge in [0.2, 0.25) is 5.91 Å². The predicted octanol–water partition coefficient (Wildman–Crippen LogP) is 4.45. The molecule has 3 N–H and O–H groups in total. The average molecular weight is 477 g/mol. The highest BCUT2D eigenvalue weighted by atomic mass is 16.5. The van der Waals surface area contributed by atoms with Crippen molar-refractivity contribution >= 4 is 18.0 Å². The summed E-state index contributed by atoms with van der Waals surface area (Å²) >= 11 is 0. The predicted molar refractivity (Wildman–Crippen MR) is 131 cm³/mol. The number of aliphatic carboxylic acids is 1. The number of fused-ring (bicyclic) bond motifs is 3. The van der Waals surface area contributed by atoms with Gasteiger partial charge >= 0.3 is 12.1 Å². The lowest BCUT2D eigenvalue weighted by Gasteiger charge is -2.39. The van der Waals surface area contributed by atoms with Crippen LogP contribution in [0.1, 0.15) is 62.5 Å². The summed E-state index contributed by atoms with van der Waals surface area (Å²) < 4.78 is 5.64. The van der Waals surface area contributed by atoms with E-state index < -0.39 is 29.6 Å². The summed E-state index contributed by atoms with van der Waals surface area (Å²) in [6, 6.07) is 15.1. The third-order valence-corrected chi connectivity index (χ3v) is 8.01. The summed E-state index contributed by atoms with van der Waals surface area (Å²) in [6.45, 7) is 1.88. The van der Waals surface area contributed by atoms with Crippen LogP contribution in [0.3, 0.4) is 0 Å². The number of hydrogen-bond donors (Lipinski definition) is 3. The fraction of sp³-hybridized carbons (Fsp3) is 0.464. The van der Waals surface area contributed by atoms with E-state index >= 15 is 0 Å². The van der Waals surface area contributed by atoms with Gasteiger partial charge < -0.3 is 20.5 Å². The Balaban J connectivity index is 1.23. The molecule has 0 heterocycles. The van der Waals surface area contributed by atoms with Crippen molar-refractivity contribution in [3.05, 3.63) is 59.7 Å². The van der Waals surface area contributed by atoms with Crippen LogP contribution in [0.25, 0.3) is 11.1 Å². The molecule has 2 amide bonds. The second kappa shape index (κ2) is 9.36. The summed E-state index contributed by atoms with van der Waals surface area (Å²) in [7, 11) is 0. The third-order valence-electron chi connectivity index (χ3n) is 8.01. The molecule has 0 bridgehead atoms. The summed E-state index contributed by atoms with van der Waals surface area (Å²) in [6.07, 6.45) is 3.94. The van der Waals surface area contributed by atoms with Crippen molar-refractivity contribution in [3.8, 4) is 11.1 Å². The Kier molecular flexibility index (Phi) is 6.26. The van der Waals surface area contributed by atoms with E-state index in [4.69, 9.17) is 4.74 Å². The van der Waals surface area contributed by atoms with Gasteiger partial charge in [-0.3, -0.25) is 9.59 Å². The maximum atomic E-state index is 13.2. The minimum Gasteiger partial charge on any atom is -0.481 e. The van der Waals surface area contributed by atoms with Gasteiger partial charge in [0.05, 0.1) is 5.41 Å². The number of carbonyl (C=O) groups excluding carboxylic acids is 2. The molecule has 7 heteroatoms. The van der Waals surface area contributed by atoms with Crippen LogP contribution in [0.4, 0.5) is 4.79 Å². The quantitative estimate of drug-likeness (QED) is 0.548. The van der Waals surface area contributed by atoms with E-state index in [2.05, 4.69) is 34.9 Å². The second-order valence-corrected chi connectivity index (χ2v) is 10.3. The van der Waals surface area contributed by atoms with Crippen LogP contribution in [-0.2, 0) is 14.3 Å². The number of carboxylic acid groups (broad SMARTS) is 1. The Morgan fingerprint density at radius 3 is 2.23 bits per heavy atom. The maximum absolute atomic E-state index is 13.2. The molecule has 3 aliphatic rings. The first-order valence-electron chi connectivity index (χ1n) is 12.5. The van der Waals surface area contributed by atoms with Gasteiger partial charge in [-0.25, -0.2) is 4.79 Å². The number of nitrogens with one attached hydrogen (secondary N) is 2. The summed E-state index contributed by atoms with van der Waals surface area (Å²) in [5, 5.41) is 15.5. The number of carboxylic acids is 1. The molecule has 0 radical (unpaired) electrons. The van der Waals surface area contributed by atoms with E-state index in [1.165, 1.54) is 0 Å². The van der Waals surface area contributed by atoms with Gasteiger partial charge in [0, 0.05) is 12.0 Å². The molecule has 0 aromatic heterocycles. The van der Waals surface area contributed by atoms with E-state index in [0.29, 0.717) is 12.8 Å². The molecule has 2 saturated carbocycles. The Morgan fingerprint density at radius 1 is 1.00 bits per heavy atom. The van der Waals surface area contributed by atoms with Gasteiger partial charge in [-0.15, -0.1) is 0 Å². The van der Waals surface area contributed by atoms with E-state index in [9.17, 15) is 19.5 Å². The smallest absolute Gasteiger partial charge is 0.407 e. The number of benzene rings is 2. The SMILES string of the molecule is CC1(C(=O)O)CCCCC1NC(=O)C(NC(=O)OCC1c2ccccc2-c2ccccc21)C1CC1. The lowest BCUT2D eigenvalue weighted by atomic mass is 9.71. The van der Waals surface area contributed by atoms with Crippen molar-refractivity contribution in [2.45, 2.75) is 63.5 Å². The van der Waals surface area contributed by atoms with Gasteiger partial charge in [0.1, 0.15) is 12.6 Å². The Hall–Kier alpha value is -3.35. The molecule has 7 nitrogen and oxygen atoms in total. The van der Waals surface area contributed by atoms with Crippen LogP contribution < -0.4 is 10.6 Å². The Labute approximate surface area is 205 Å². The first kappa shape index (κ1) is 23.4. The lowest BCUT2D eigenvalue weighted by molar-refractivity contribution is -0.152. The highest BCUT2D eigenvalue weighted by Gasteiger charge is 2.46. The zero-order chi connectivity index (χ0) is 24.6. The van der Waals surface area contributed by atoms with Crippen LogP contribution in [0.2, 0.25) is 0 Å². The number of amides is 2. The number of hydrogen-bond acceptors (Lipinski definition) is 4. The Morgan fingerprint density at radius 2 is 1.63 bits per heavy atom. The van der Waals surface area contributed by atoms with Gasteiger partial charge in [0.15, 0.2) is 0 Å².